The third-order valence-corrected chi connectivity index (χ3v) is 4.90. The minimum absolute atomic E-state index is 0.0575. The molecule has 2 aromatic rings. The average Bonchev–Trinajstić information content (AvgIpc) is 2.66. The van der Waals surface area contributed by atoms with Crippen LogP contribution < -0.4 is 11.2 Å². The molecule has 0 aliphatic rings. The molecule has 0 radical (unpaired) electrons. The highest BCUT2D eigenvalue weighted by Gasteiger charge is 2.20. The highest BCUT2D eigenvalue weighted by molar-refractivity contribution is 8.00. The van der Waals surface area contributed by atoms with Gasteiger partial charge in [-0.1, -0.05) is 17.8 Å². The van der Waals surface area contributed by atoms with Gasteiger partial charge in [0.15, 0.2) is 17.9 Å². The van der Waals surface area contributed by atoms with Crippen molar-refractivity contribution < 1.29 is 23.1 Å². The predicted molar refractivity (Wildman–Crippen MR) is 98.8 cm³/mol. The lowest BCUT2D eigenvalue weighted by atomic mass is 10.2. The molecule has 0 aliphatic heterocycles. The topological polar surface area (TPSA) is 87.4 Å². The zero-order chi connectivity index (χ0) is 20.8. The number of thioether (sulfide) groups is 1. The van der Waals surface area contributed by atoms with Gasteiger partial charge < -0.3 is 4.74 Å². The van der Waals surface area contributed by atoms with Crippen molar-refractivity contribution in [3.63, 3.8) is 0 Å². The van der Waals surface area contributed by atoms with Gasteiger partial charge in [0.25, 0.3) is 5.56 Å². The summed E-state index contributed by atoms with van der Waals surface area (Å²) >= 11 is 0.853. The Labute approximate surface area is 162 Å². The fourth-order valence-corrected chi connectivity index (χ4v) is 3.52. The molecule has 1 aromatic heterocycles. The van der Waals surface area contributed by atoms with E-state index >= 15 is 0 Å². The number of esters is 1. The molecule has 0 aliphatic carbocycles. The zero-order valence-corrected chi connectivity index (χ0v) is 16.1. The molecule has 2 rings (SSSR count). The molecule has 0 bridgehead atoms. The van der Waals surface area contributed by atoms with Crippen molar-refractivity contribution in [2.75, 3.05) is 12.4 Å². The molecule has 1 heterocycles. The number of rotatable bonds is 8. The number of hydrogen-bond donors (Lipinski definition) is 0. The van der Waals surface area contributed by atoms with E-state index in [0.29, 0.717) is 6.29 Å². The van der Waals surface area contributed by atoms with Crippen LogP contribution in [-0.4, -0.2) is 33.7 Å². The normalized spacial score (nSPS) is 10.7. The predicted octanol–water partition coefficient (Wildman–Crippen LogP) is 1.82. The van der Waals surface area contributed by atoms with E-state index in [0.717, 1.165) is 28.5 Å². The number of hydrogen-bond acceptors (Lipinski definition) is 6. The Bertz CT molecular complexity index is 1020. The van der Waals surface area contributed by atoms with Crippen molar-refractivity contribution >= 4 is 24.0 Å². The number of benzene rings is 1. The zero-order valence-electron chi connectivity index (χ0n) is 15.2. The highest BCUT2D eigenvalue weighted by atomic mass is 32.2. The maximum Gasteiger partial charge on any atom is 0.332 e. The monoisotopic (exact) mass is 412 g/mol. The summed E-state index contributed by atoms with van der Waals surface area (Å²) in [6.07, 6.45) is 0.309. The van der Waals surface area contributed by atoms with E-state index in [1.54, 1.807) is 13.8 Å². The van der Waals surface area contributed by atoms with Gasteiger partial charge in [0, 0.05) is 6.54 Å². The first-order chi connectivity index (χ1) is 13.3. The lowest BCUT2D eigenvalue weighted by Gasteiger charge is -2.15. The van der Waals surface area contributed by atoms with E-state index in [9.17, 15) is 28.0 Å². The quantitative estimate of drug-likeness (QED) is 0.285. The second kappa shape index (κ2) is 9.45. The third-order valence-electron chi connectivity index (χ3n) is 3.80. The molecule has 0 atom stereocenters. The molecule has 28 heavy (non-hydrogen) atoms. The summed E-state index contributed by atoms with van der Waals surface area (Å²) in [5, 5.41) is 0.0575. The largest absolute Gasteiger partial charge is 0.465 e. The Balaban J connectivity index is 2.52. The summed E-state index contributed by atoms with van der Waals surface area (Å²) in [5.74, 6) is -2.90. The maximum atomic E-state index is 13.4. The third kappa shape index (κ3) is 4.56. The molecule has 0 unspecified atom stereocenters. The second-order valence-corrected chi connectivity index (χ2v) is 6.56. The molecular weight excluding hydrogens is 394 g/mol. The van der Waals surface area contributed by atoms with Gasteiger partial charge in [0.2, 0.25) is 0 Å². The van der Waals surface area contributed by atoms with Crippen LogP contribution in [0.25, 0.3) is 0 Å². The van der Waals surface area contributed by atoms with Gasteiger partial charge in [-0.25, -0.2) is 13.6 Å². The number of aldehydes is 1. The Morgan fingerprint density at radius 2 is 1.89 bits per heavy atom. The minimum atomic E-state index is -1.11. The number of ether oxygens (including phenoxy) is 1. The fourth-order valence-electron chi connectivity index (χ4n) is 2.53. The van der Waals surface area contributed by atoms with Crippen LogP contribution in [0.2, 0.25) is 0 Å². The smallest absolute Gasteiger partial charge is 0.332 e. The Morgan fingerprint density at radius 1 is 1.18 bits per heavy atom. The number of aromatic nitrogens is 2. The summed E-state index contributed by atoms with van der Waals surface area (Å²) in [4.78, 5) is 48.5. The standard InChI is InChI=1S/C18H18F2N2O5S/c1-3-21-17(28-10-15(24)27-4-2)12(9-23)16(25)22(18(21)26)8-11-5-6-13(19)14(20)7-11/h5-7,9H,3-4,8,10H2,1-2H3. The first-order valence-electron chi connectivity index (χ1n) is 8.39. The van der Waals surface area contributed by atoms with Gasteiger partial charge in [-0.3, -0.25) is 23.5 Å². The number of carbonyl (C=O) groups excluding carboxylic acids is 2. The Hall–Kier alpha value is -2.75. The average molecular weight is 412 g/mol. The summed E-state index contributed by atoms with van der Waals surface area (Å²) in [7, 11) is 0. The van der Waals surface area contributed by atoms with Crippen LogP contribution in [0, 0.1) is 11.6 Å². The lowest BCUT2D eigenvalue weighted by Crippen LogP contribution is -2.43. The van der Waals surface area contributed by atoms with Gasteiger partial charge in [-0.05, 0) is 31.5 Å². The molecular formula is C18H18F2N2O5S. The SMILES string of the molecule is CCOC(=O)CSc1c(C=O)c(=O)n(Cc2ccc(F)c(F)c2)c(=O)n1CC. The Kier molecular flexibility index (Phi) is 7.27. The number of nitrogens with zero attached hydrogens (tertiary/aromatic N) is 2. The molecule has 7 nitrogen and oxygen atoms in total. The van der Waals surface area contributed by atoms with Gasteiger partial charge in [0.1, 0.15) is 5.56 Å². The molecule has 0 saturated heterocycles. The van der Waals surface area contributed by atoms with E-state index in [4.69, 9.17) is 4.74 Å². The van der Waals surface area contributed by atoms with E-state index < -0.39 is 28.9 Å². The van der Waals surface area contributed by atoms with Crippen LogP contribution in [0.4, 0.5) is 8.78 Å². The van der Waals surface area contributed by atoms with Crippen LogP contribution in [0.5, 0.6) is 0 Å². The van der Waals surface area contributed by atoms with E-state index in [1.807, 2.05) is 0 Å². The van der Waals surface area contributed by atoms with Crippen molar-refractivity contribution in [3.8, 4) is 0 Å². The van der Waals surface area contributed by atoms with E-state index in [2.05, 4.69) is 0 Å². The van der Waals surface area contributed by atoms with Gasteiger partial charge in [-0.15, -0.1) is 0 Å². The molecule has 0 N–H and O–H groups in total. The second-order valence-electron chi connectivity index (χ2n) is 5.60. The fraction of sp³-hybridized carbons (Fsp3) is 0.333. The summed E-state index contributed by atoms with van der Waals surface area (Å²) in [6.45, 7) is 3.25. The highest BCUT2D eigenvalue weighted by Crippen LogP contribution is 2.19. The van der Waals surface area contributed by atoms with E-state index in [1.165, 1.54) is 10.6 Å². The molecule has 0 saturated carbocycles. The lowest BCUT2D eigenvalue weighted by molar-refractivity contribution is -0.139. The molecule has 0 amide bonds. The van der Waals surface area contributed by atoms with Crippen LogP contribution in [0.3, 0.4) is 0 Å². The number of carbonyl (C=O) groups is 2. The number of halogens is 2. The summed E-state index contributed by atoms with van der Waals surface area (Å²) in [6, 6.07) is 3.00. The first-order valence-corrected chi connectivity index (χ1v) is 9.37. The van der Waals surface area contributed by atoms with Crippen LogP contribution >= 0.6 is 11.8 Å². The van der Waals surface area contributed by atoms with E-state index in [-0.39, 0.29) is 41.6 Å². The van der Waals surface area contributed by atoms with Crippen molar-refractivity contribution in [3.05, 3.63) is 61.8 Å². The van der Waals surface area contributed by atoms with Gasteiger partial charge in [-0.2, -0.15) is 0 Å². The first kappa shape index (κ1) is 21.5. The van der Waals surface area contributed by atoms with Crippen molar-refractivity contribution in [2.45, 2.75) is 32.0 Å². The van der Waals surface area contributed by atoms with Gasteiger partial charge in [0.05, 0.1) is 23.9 Å². The van der Waals surface area contributed by atoms with Gasteiger partial charge >= 0.3 is 11.7 Å². The van der Waals surface area contributed by atoms with Crippen molar-refractivity contribution in [1.29, 1.82) is 0 Å². The van der Waals surface area contributed by atoms with Crippen LogP contribution in [0.15, 0.2) is 32.8 Å². The summed E-state index contributed by atoms with van der Waals surface area (Å²) in [5.41, 5.74) is -1.71. The molecule has 0 fully saturated rings. The van der Waals surface area contributed by atoms with Crippen LogP contribution in [-0.2, 0) is 22.6 Å². The molecule has 1 aromatic carbocycles. The van der Waals surface area contributed by atoms with Crippen LogP contribution in [0.1, 0.15) is 29.8 Å². The molecule has 0 spiro atoms. The minimum Gasteiger partial charge on any atom is -0.465 e. The summed E-state index contributed by atoms with van der Waals surface area (Å²) < 4.78 is 33.3. The van der Waals surface area contributed by atoms with Crippen molar-refractivity contribution in [1.82, 2.24) is 9.13 Å². The van der Waals surface area contributed by atoms with Crippen molar-refractivity contribution in [2.24, 2.45) is 0 Å². The molecule has 10 heteroatoms. The molecule has 150 valence electrons. The maximum absolute atomic E-state index is 13.4. The Morgan fingerprint density at radius 3 is 2.46 bits per heavy atom.